The van der Waals surface area contributed by atoms with E-state index in [0.29, 0.717) is 17.7 Å². The fraction of sp³-hybridized carbons (Fsp3) is 0.586. The van der Waals surface area contributed by atoms with Gasteiger partial charge in [0.1, 0.15) is 12.2 Å². The summed E-state index contributed by atoms with van der Waals surface area (Å²) >= 11 is 0. The number of hydrogen-bond acceptors (Lipinski definition) is 4. The molecule has 6 atom stereocenters. The molecule has 2 saturated carbocycles. The van der Waals surface area contributed by atoms with Crippen LogP contribution < -0.4 is 4.74 Å². The molecule has 4 nitrogen and oxygen atoms in total. The van der Waals surface area contributed by atoms with Crippen molar-refractivity contribution in [3.8, 4) is 11.5 Å². The van der Waals surface area contributed by atoms with Gasteiger partial charge < -0.3 is 14.6 Å². The van der Waals surface area contributed by atoms with E-state index in [4.69, 9.17) is 9.47 Å². The first-order valence-corrected chi connectivity index (χ1v) is 13.1. The fourth-order valence-electron chi connectivity index (χ4n) is 8.52. The summed E-state index contributed by atoms with van der Waals surface area (Å²) in [6, 6.07) is 15.6. The molecule has 1 spiro atoms. The van der Waals surface area contributed by atoms with E-state index in [1.807, 2.05) is 6.07 Å². The van der Waals surface area contributed by atoms with E-state index in [-0.39, 0.29) is 23.0 Å². The lowest BCUT2D eigenvalue weighted by molar-refractivity contribution is -0.280. The van der Waals surface area contributed by atoms with Gasteiger partial charge in [-0.3, -0.25) is 4.90 Å². The molecule has 4 fully saturated rings. The largest absolute Gasteiger partial charge is 0.504 e. The Morgan fingerprint density at radius 1 is 1.06 bits per heavy atom. The molecular weight excluding hydrogens is 410 g/mol. The predicted octanol–water partition coefficient (Wildman–Crippen LogP) is 4.47. The molecule has 2 aromatic carbocycles. The molecule has 3 heterocycles. The molecule has 0 aromatic heterocycles. The molecule has 0 radical (unpaired) electrons. The average molecular weight is 444 g/mol. The second-order valence-corrected chi connectivity index (χ2v) is 11.9. The standard InChI is InChI=1S/C29H33NO3/c31-23-9-8-20-14-22-21-15-28(11-10-18-4-2-1-3-5-18)17-32-26(28)27-29(21,24(20)25(23)33-27)12-13-30(22)16-19-6-7-19/h1-5,8-9,19,21-22,26-27,31H,6-7,10-17H2/t21?,22?,26-,27?,28-,29?/m1/s1. The topological polar surface area (TPSA) is 41.9 Å². The second kappa shape index (κ2) is 6.55. The van der Waals surface area contributed by atoms with E-state index in [1.165, 1.54) is 48.9 Å². The number of benzene rings is 2. The summed E-state index contributed by atoms with van der Waals surface area (Å²) in [4.78, 5) is 2.85. The predicted molar refractivity (Wildman–Crippen MR) is 126 cm³/mol. The third-order valence-electron chi connectivity index (χ3n) is 10.3. The molecule has 0 amide bonds. The number of ether oxygens (including phenoxy) is 2. The number of aromatic hydroxyl groups is 1. The van der Waals surface area contributed by atoms with Gasteiger partial charge in [-0.25, -0.2) is 0 Å². The van der Waals surface area contributed by atoms with Crippen LogP contribution in [-0.2, 0) is 23.0 Å². The van der Waals surface area contributed by atoms with E-state index in [0.717, 1.165) is 44.1 Å². The quantitative estimate of drug-likeness (QED) is 0.741. The van der Waals surface area contributed by atoms with Crippen LogP contribution in [0, 0.1) is 17.3 Å². The molecule has 6 aliphatic rings. The highest BCUT2D eigenvalue weighted by Crippen LogP contribution is 2.69. The van der Waals surface area contributed by atoms with Crippen molar-refractivity contribution in [2.24, 2.45) is 17.3 Å². The minimum Gasteiger partial charge on any atom is -0.504 e. The van der Waals surface area contributed by atoms with Crippen molar-refractivity contribution >= 4 is 0 Å². The highest BCUT2D eigenvalue weighted by molar-refractivity contribution is 5.61. The smallest absolute Gasteiger partial charge is 0.165 e. The SMILES string of the molecule is Oc1ccc2c3c1OC1[C@H]4OC[C@@]4(CCc4ccccc4)CC4C(C2)N(CC2CC2)CCC341. The summed E-state index contributed by atoms with van der Waals surface area (Å²) < 4.78 is 13.1. The van der Waals surface area contributed by atoms with Crippen LogP contribution in [-0.4, -0.2) is 48.0 Å². The van der Waals surface area contributed by atoms with Crippen LogP contribution in [0.15, 0.2) is 42.5 Å². The van der Waals surface area contributed by atoms with Crippen LogP contribution >= 0.6 is 0 Å². The zero-order valence-corrected chi connectivity index (χ0v) is 19.2. The summed E-state index contributed by atoms with van der Waals surface area (Å²) in [5.74, 6) is 2.62. The van der Waals surface area contributed by atoms with Crippen LogP contribution in [0.1, 0.15) is 48.8 Å². The van der Waals surface area contributed by atoms with Gasteiger partial charge in [0, 0.05) is 29.0 Å². The number of aryl methyl sites for hydroxylation is 1. The Bertz CT molecular complexity index is 1110. The fourth-order valence-corrected chi connectivity index (χ4v) is 8.52. The zero-order valence-electron chi connectivity index (χ0n) is 19.2. The van der Waals surface area contributed by atoms with Gasteiger partial charge in [-0.05, 0) is 80.5 Å². The first kappa shape index (κ1) is 19.3. The first-order valence-electron chi connectivity index (χ1n) is 13.1. The summed E-state index contributed by atoms with van der Waals surface area (Å²) in [6.45, 7) is 3.30. The van der Waals surface area contributed by atoms with Crippen LogP contribution in [0.4, 0.5) is 0 Å². The number of hydrogen-bond donors (Lipinski definition) is 1. The number of nitrogens with zero attached hydrogens (tertiary/aromatic N) is 1. The van der Waals surface area contributed by atoms with Crippen molar-refractivity contribution in [2.75, 3.05) is 19.7 Å². The first-order chi connectivity index (χ1) is 16.2. The minimum absolute atomic E-state index is 0.0215. The Labute approximate surface area is 195 Å². The summed E-state index contributed by atoms with van der Waals surface area (Å²) in [6.07, 6.45) is 8.78. The van der Waals surface area contributed by atoms with E-state index in [1.54, 1.807) is 0 Å². The Hall–Kier alpha value is -2.04. The van der Waals surface area contributed by atoms with Crippen molar-refractivity contribution in [2.45, 2.75) is 68.6 Å². The number of phenols is 1. The molecule has 4 unspecified atom stereocenters. The molecule has 4 heteroatoms. The summed E-state index contributed by atoms with van der Waals surface area (Å²) in [5.41, 5.74) is 4.42. The maximum Gasteiger partial charge on any atom is 0.165 e. The van der Waals surface area contributed by atoms with Crippen LogP contribution in [0.25, 0.3) is 0 Å². The van der Waals surface area contributed by atoms with Crippen molar-refractivity contribution in [1.82, 2.24) is 4.90 Å². The number of phenolic OH excluding ortho intramolecular Hbond substituents is 1. The summed E-state index contributed by atoms with van der Waals surface area (Å²) in [5, 5.41) is 10.8. The minimum atomic E-state index is 0.0215. The van der Waals surface area contributed by atoms with Crippen molar-refractivity contribution in [3.63, 3.8) is 0 Å². The molecule has 8 rings (SSSR count). The van der Waals surface area contributed by atoms with Gasteiger partial charge in [0.05, 0.1) is 6.61 Å². The molecule has 172 valence electrons. The zero-order chi connectivity index (χ0) is 21.8. The lowest BCUT2D eigenvalue weighted by Crippen LogP contribution is -2.75. The number of rotatable bonds is 5. The van der Waals surface area contributed by atoms with Gasteiger partial charge >= 0.3 is 0 Å². The van der Waals surface area contributed by atoms with Crippen molar-refractivity contribution in [1.29, 1.82) is 0 Å². The van der Waals surface area contributed by atoms with Gasteiger partial charge in [-0.1, -0.05) is 36.4 Å². The van der Waals surface area contributed by atoms with E-state index >= 15 is 0 Å². The number of likely N-dealkylation sites (tertiary alicyclic amines) is 1. The molecule has 33 heavy (non-hydrogen) atoms. The monoisotopic (exact) mass is 443 g/mol. The maximum atomic E-state index is 10.8. The molecule has 1 N–H and O–H groups in total. The van der Waals surface area contributed by atoms with E-state index < -0.39 is 0 Å². The van der Waals surface area contributed by atoms with Gasteiger partial charge in [0.15, 0.2) is 11.5 Å². The normalized spacial score (nSPS) is 39.9. The molecule has 2 aromatic rings. The van der Waals surface area contributed by atoms with Gasteiger partial charge in [0.25, 0.3) is 0 Å². The van der Waals surface area contributed by atoms with Crippen molar-refractivity contribution in [3.05, 3.63) is 59.2 Å². The van der Waals surface area contributed by atoms with Crippen LogP contribution in [0.5, 0.6) is 11.5 Å². The van der Waals surface area contributed by atoms with Crippen molar-refractivity contribution < 1.29 is 14.6 Å². The van der Waals surface area contributed by atoms with Crippen LogP contribution in [0.2, 0.25) is 0 Å². The molecular formula is C29H33NO3. The highest BCUT2D eigenvalue weighted by Gasteiger charge is 2.73. The van der Waals surface area contributed by atoms with E-state index in [9.17, 15) is 5.11 Å². The molecule has 2 saturated heterocycles. The van der Waals surface area contributed by atoms with Gasteiger partial charge in [-0.15, -0.1) is 0 Å². The Morgan fingerprint density at radius 3 is 2.73 bits per heavy atom. The molecule has 3 aliphatic carbocycles. The Kier molecular flexibility index (Phi) is 3.83. The van der Waals surface area contributed by atoms with E-state index in [2.05, 4.69) is 41.3 Å². The third kappa shape index (κ3) is 2.49. The van der Waals surface area contributed by atoms with Gasteiger partial charge in [0.2, 0.25) is 0 Å². The molecule has 2 bridgehead atoms. The number of piperidine rings is 1. The Balaban J connectivity index is 1.21. The maximum absolute atomic E-state index is 10.8. The highest BCUT2D eigenvalue weighted by atomic mass is 16.6. The Morgan fingerprint density at radius 2 is 1.94 bits per heavy atom. The average Bonchev–Trinajstić information content (AvgIpc) is 3.57. The molecule has 3 aliphatic heterocycles. The van der Waals surface area contributed by atoms with Crippen LogP contribution in [0.3, 0.4) is 0 Å². The second-order valence-electron chi connectivity index (χ2n) is 11.9. The summed E-state index contributed by atoms with van der Waals surface area (Å²) in [7, 11) is 0. The van der Waals surface area contributed by atoms with Gasteiger partial charge in [-0.2, -0.15) is 0 Å². The number of fused-ring (bicyclic) bond motifs is 2. The third-order valence-corrected chi connectivity index (χ3v) is 10.3. The lowest BCUT2D eigenvalue weighted by Gasteiger charge is -2.67. The lowest BCUT2D eigenvalue weighted by atomic mass is 9.45.